The SMILES string of the molecule is CC(=O)OC[C@H]1O[C@@H]([n+]2cccc(N=[N+]=[N-])c2)[C@H](OC(C)=O)[C@@H]1OC(C)=O.N=[N+]=Nc1cccnc1.Nc1cccnc1.O=S(=O)([O-])C(F)(F)F.[Cl-].[N-]=[N+]=Nc1ccc[n+]([C@@H]2O[C@H](CO)[C@@H](O)[C@H]2O)c1. The number of nitrogens with two attached hydrogens (primary N) is 1. The Hall–Kier alpha value is -7.47. The van der Waals surface area contributed by atoms with Crippen LogP contribution >= 0.6 is 0 Å². The fourth-order valence-electron chi connectivity index (χ4n) is 5.40. The van der Waals surface area contributed by atoms with Crippen molar-refractivity contribution in [3.8, 4) is 0 Å². The quantitative estimate of drug-likeness (QED) is 0.0200. The summed E-state index contributed by atoms with van der Waals surface area (Å²) in [6.45, 7) is 3.07. The Morgan fingerprint density at radius 2 is 1.30 bits per heavy atom. The minimum Gasteiger partial charge on any atom is -1.00 e. The molecule has 4 aromatic heterocycles. The minimum atomic E-state index is -6.09. The molecule has 0 unspecified atom stereocenters. The smallest absolute Gasteiger partial charge is 0.485 e. The fraction of sp³-hybridized carbons (Fsp3) is 0.378. The Labute approximate surface area is 400 Å². The lowest BCUT2D eigenvalue weighted by atomic mass is 10.1. The van der Waals surface area contributed by atoms with E-state index in [4.69, 9.17) is 64.1 Å². The molecular formula is C37H43ClF3N14O14S+. The third kappa shape index (κ3) is 20.8. The number of nitrogens with one attached hydrogen (secondary N) is 1. The number of pyridine rings is 4. The molecule has 378 valence electrons. The molecule has 0 saturated carbocycles. The molecule has 6 N–H and O–H groups in total. The second-order valence-corrected chi connectivity index (χ2v) is 14.6. The second-order valence-electron chi connectivity index (χ2n) is 13.2. The Morgan fingerprint density at radius 1 is 0.814 bits per heavy atom. The summed E-state index contributed by atoms with van der Waals surface area (Å²) in [5.41, 5.74) is 24.9. The topological polar surface area (TPSA) is 423 Å². The van der Waals surface area contributed by atoms with Gasteiger partial charge in [0.25, 0.3) is 6.23 Å². The zero-order valence-corrected chi connectivity index (χ0v) is 38.0. The first kappa shape index (κ1) is 60.5. The van der Waals surface area contributed by atoms with Crippen LogP contribution in [0.4, 0.5) is 35.9 Å². The number of alkyl halides is 3. The highest BCUT2D eigenvalue weighted by Gasteiger charge is 2.54. The van der Waals surface area contributed by atoms with Gasteiger partial charge >= 0.3 is 29.6 Å². The Bertz CT molecular complexity index is 2570. The van der Waals surface area contributed by atoms with Crippen LogP contribution in [-0.2, 0) is 48.2 Å². The van der Waals surface area contributed by atoms with Crippen LogP contribution in [0.3, 0.4) is 0 Å². The zero-order chi connectivity index (χ0) is 51.7. The van der Waals surface area contributed by atoms with Crippen molar-refractivity contribution < 1.29 is 101 Å². The van der Waals surface area contributed by atoms with Gasteiger partial charge in [0.15, 0.2) is 57.9 Å². The molecule has 70 heavy (non-hydrogen) atoms. The number of esters is 3. The van der Waals surface area contributed by atoms with Crippen LogP contribution in [0.25, 0.3) is 20.9 Å². The molecule has 0 amide bonds. The summed E-state index contributed by atoms with van der Waals surface area (Å²) in [5, 5.41) is 38.8. The molecule has 2 aliphatic heterocycles. The number of aliphatic hydroxyl groups excluding tert-OH is 3. The van der Waals surface area contributed by atoms with Crippen LogP contribution < -0.4 is 32.2 Å². The predicted octanol–water partition coefficient (Wildman–Crippen LogP) is -0.250. The lowest BCUT2D eigenvalue weighted by Crippen LogP contribution is -3.00. The molecule has 0 spiro atoms. The third-order valence-electron chi connectivity index (χ3n) is 8.16. The molecule has 4 aromatic rings. The molecule has 2 saturated heterocycles. The molecular weight excluding hydrogens is 989 g/mol. The third-order valence-corrected chi connectivity index (χ3v) is 8.72. The number of nitrogens with zero attached hydrogens (tertiary/aromatic N) is 12. The van der Waals surface area contributed by atoms with Crippen molar-refractivity contribution in [3.05, 3.63) is 119 Å². The monoisotopic (exact) mass is 1030 g/mol. The van der Waals surface area contributed by atoms with E-state index in [-0.39, 0.29) is 25.6 Å². The highest BCUT2D eigenvalue weighted by atomic mass is 35.5. The summed E-state index contributed by atoms with van der Waals surface area (Å²) in [7, 11) is -6.09. The fourth-order valence-corrected chi connectivity index (χ4v) is 5.40. The van der Waals surface area contributed by atoms with Gasteiger partial charge < -0.3 is 61.7 Å². The van der Waals surface area contributed by atoms with Crippen LogP contribution in [0.5, 0.6) is 0 Å². The maximum Gasteiger partial charge on any atom is 0.485 e. The maximum atomic E-state index is 11.6. The summed E-state index contributed by atoms with van der Waals surface area (Å²) in [6, 6.07) is 13.5. The number of azide groups is 2. The van der Waals surface area contributed by atoms with Gasteiger partial charge in [0.2, 0.25) is 11.0 Å². The van der Waals surface area contributed by atoms with E-state index >= 15 is 0 Å². The van der Waals surface area contributed by atoms with E-state index in [1.807, 2.05) is 0 Å². The number of aliphatic hydroxyl groups is 3. The summed E-state index contributed by atoms with van der Waals surface area (Å²) in [5.74, 6) is -1.75. The number of halogens is 4. The molecule has 2 aliphatic rings. The van der Waals surface area contributed by atoms with Gasteiger partial charge in [-0.1, -0.05) is 10.2 Å². The summed E-state index contributed by atoms with van der Waals surface area (Å²) < 4.78 is 88.6. The van der Waals surface area contributed by atoms with Crippen LogP contribution in [0, 0.1) is 5.53 Å². The highest BCUT2D eigenvalue weighted by molar-refractivity contribution is 7.86. The molecule has 8 atom stereocenters. The van der Waals surface area contributed by atoms with Gasteiger partial charge in [0, 0.05) is 61.3 Å². The lowest BCUT2D eigenvalue weighted by Gasteiger charge is -2.21. The number of carbonyl (C=O) groups excluding carboxylic acids is 3. The lowest BCUT2D eigenvalue weighted by molar-refractivity contribution is -0.765. The molecule has 0 bridgehead atoms. The number of ether oxygens (including phenoxy) is 5. The van der Waals surface area contributed by atoms with Crippen LogP contribution in [0.1, 0.15) is 33.2 Å². The van der Waals surface area contributed by atoms with Gasteiger partial charge in [-0.3, -0.25) is 24.4 Å². The van der Waals surface area contributed by atoms with Gasteiger partial charge in [-0.15, -0.1) is 0 Å². The first-order chi connectivity index (χ1) is 32.6. The molecule has 0 radical (unpaired) electrons. The van der Waals surface area contributed by atoms with Crippen molar-refractivity contribution in [2.45, 2.75) is 75.4 Å². The van der Waals surface area contributed by atoms with Crippen molar-refractivity contribution in [2.24, 2.45) is 15.3 Å². The number of hydrogen-bond acceptors (Lipinski definition) is 21. The van der Waals surface area contributed by atoms with Crippen molar-refractivity contribution in [1.29, 1.82) is 5.53 Å². The predicted molar refractivity (Wildman–Crippen MR) is 221 cm³/mol. The van der Waals surface area contributed by atoms with Crippen molar-refractivity contribution in [2.75, 3.05) is 18.9 Å². The molecule has 0 aliphatic carbocycles. The zero-order valence-electron chi connectivity index (χ0n) is 36.5. The Kier molecular flexibility index (Phi) is 26.0. The van der Waals surface area contributed by atoms with Crippen LogP contribution in [0.15, 0.2) is 113 Å². The maximum absolute atomic E-state index is 11.6. The van der Waals surface area contributed by atoms with E-state index in [2.05, 4.69) is 40.0 Å². The van der Waals surface area contributed by atoms with E-state index < -0.39 is 82.6 Å². The number of carbonyl (C=O) groups is 3. The number of anilines is 1. The van der Waals surface area contributed by atoms with Gasteiger partial charge in [-0.25, -0.2) is 8.42 Å². The van der Waals surface area contributed by atoms with Gasteiger partial charge in [-0.05, 0) is 47.5 Å². The average molecular weight is 1030 g/mol. The number of nitrogen functional groups attached to an aromatic ring is 1. The second kappa shape index (κ2) is 30.1. The molecule has 6 heterocycles. The Morgan fingerprint density at radius 3 is 1.69 bits per heavy atom. The first-order valence-electron chi connectivity index (χ1n) is 19.1. The molecule has 0 aromatic carbocycles. The number of rotatable bonds is 10. The Balaban J connectivity index is 0.000000486. The van der Waals surface area contributed by atoms with Crippen molar-refractivity contribution >= 4 is 50.8 Å². The van der Waals surface area contributed by atoms with Crippen molar-refractivity contribution in [3.63, 3.8) is 0 Å². The average Bonchev–Trinajstić information content (AvgIpc) is 3.77. The molecule has 28 nitrogen and oxygen atoms in total. The van der Waals surface area contributed by atoms with Gasteiger partial charge in [0.05, 0.1) is 18.5 Å². The first-order valence-corrected chi connectivity index (χ1v) is 20.5. The van der Waals surface area contributed by atoms with Gasteiger partial charge in [-0.2, -0.15) is 22.3 Å². The van der Waals surface area contributed by atoms with E-state index in [0.717, 1.165) is 0 Å². The van der Waals surface area contributed by atoms with Crippen LogP contribution in [-0.4, -0.2) is 112 Å². The van der Waals surface area contributed by atoms with E-state index in [1.54, 1.807) is 79.5 Å². The molecule has 2 fully saturated rings. The summed E-state index contributed by atoms with van der Waals surface area (Å²) in [4.78, 5) is 50.0. The normalized spacial score (nSPS) is 20.7. The van der Waals surface area contributed by atoms with E-state index in [9.17, 15) is 37.8 Å². The number of aromatic nitrogens is 4. The van der Waals surface area contributed by atoms with E-state index in [0.29, 0.717) is 22.7 Å². The highest BCUT2D eigenvalue weighted by Crippen LogP contribution is 2.32. The summed E-state index contributed by atoms with van der Waals surface area (Å²) >= 11 is 0. The van der Waals surface area contributed by atoms with Crippen LogP contribution in [0.2, 0.25) is 0 Å². The summed E-state index contributed by atoms with van der Waals surface area (Å²) in [6.07, 6.45) is 4.95. The molecule has 33 heteroatoms. The largest absolute Gasteiger partial charge is 1.00 e. The standard InChI is InChI=1S/C16H19N4O7.C10H13N4O4.C5H5N4.C5H6N2.CHF3O3S.ClH/c1-9(21)24-8-13-14(25-10(2)22)15(26-11(3)23)16(27-13)20-6-4-5-12(7-20)18-19-17;11-13-12-6-2-1-3-14(4-6)10-9(17)8(16)7(5-15)18-10;6-9-8-5-2-1-3-7-4-5;6-5-2-1-3-7-4-5;2-1(3,4)8(5,6)7;/h4-7,13-16H,8H2,1-3H3;1-4,7-10,15-17H,5H2;1-4,6H;1-4H,6H2;(H,5,6,7);1H/q3*+1;;;/p-2/t13-,14-,15-,16-;7-,8-,9-,10-;;;;/m11..../s1. The molecule has 6 rings (SSSR count). The van der Waals surface area contributed by atoms with Crippen molar-refractivity contribution in [1.82, 2.24) is 14.9 Å². The minimum absolute atomic E-state index is 0. The number of hydrogen-bond donors (Lipinski definition) is 5. The van der Waals surface area contributed by atoms with Gasteiger partial charge in [0.1, 0.15) is 41.8 Å². The van der Waals surface area contributed by atoms with E-state index in [1.165, 1.54) is 48.5 Å².